The zero-order chi connectivity index (χ0) is 15.9. The van der Waals surface area contributed by atoms with Gasteiger partial charge in [-0.05, 0) is 25.0 Å². The summed E-state index contributed by atoms with van der Waals surface area (Å²) >= 11 is 0. The molecule has 0 radical (unpaired) electrons. The van der Waals surface area contributed by atoms with Crippen molar-refractivity contribution in [2.45, 2.75) is 37.1 Å². The monoisotopic (exact) mass is 319 g/mol. The Balaban J connectivity index is 1.52. The van der Waals surface area contributed by atoms with Gasteiger partial charge in [0, 0.05) is 19.0 Å². The molecule has 2 N–H and O–H groups in total. The molecule has 1 aliphatic carbocycles. The predicted molar refractivity (Wildman–Crippen MR) is 77.4 cm³/mol. The standard InChI is InChI=1S/C15H17N3O5/c19-13-18-17-12(23-13)10-1-2-11(16-9-10)14(20)3-5-15(6-4-14)21-7-8-22-15/h1-2,9,20H,3-8H2,(H,18,19). The number of rotatable bonds is 2. The van der Waals surface area contributed by atoms with Crippen molar-refractivity contribution < 1.29 is 19.0 Å². The van der Waals surface area contributed by atoms with Gasteiger partial charge in [0.25, 0.3) is 5.89 Å². The second-order valence-corrected chi connectivity index (χ2v) is 5.99. The van der Waals surface area contributed by atoms with Crippen LogP contribution in [0.15, 0.2) is 27.5 Å². The number of nitrogens with one attached hydrogen (secondary N) is 1. The quantitative estimate of drug-likeness (QED) is 0.847. The molecule has 122 valence electrons. The van der Waals surface area contributed by atoms with Crippen LogP contribution in [0.5, 0.6) is 0 Å². The molecule has 0 atom stereocenters. The third-order valence-electron chi connectivity index (χ3n) is 4.58. The van der Waals surface area contributed by atoms with Gasteiger partial charge >= 0.3 is 5.76 Å². The Labute approximate surface area is 131 Å². The van der Waals surface area contributed by atoms with E-state index in [1.165, 1.54) is 0 Å². The lowest BCUT2D eigenvalue weighted by molar-refractivity contribution is -0.204. The smallest absolute Gasteiger partial charge is 0.388 e. The largest absolute Gasteiger partial charge is 0.434 e. The van der Waals surface area contributed by atoms with Crippen LogP contribution in [-0.2, 0) is 15.1 Å². The fraction of sp³-hybridized carbons (Fsp3) is 0.533. The second-order valence-electron chi connectivity index (χ2n) is 5.99. The Bertz CT molecular complexity index is 735. The van der Waals surface area contributed by atoms with Gasteiger partial charge in [-0.2, -0.15) is 0 Å². The van der Waals surface area contributed by atoms with Crippen LogP contribution in [0.3, 0.4) is 0 Å². The summed E-state index contributed by atoms with van der Waals surface area (Å²) < 4.78 is 16.3. The van der Waals surface area contributed by atoms with Crippen molar-refractivity contribution in [3.63, 3.8) is 0 Å². The molecule has 0 bridgehead atoms. The number of ether oxygens (including phenoxy) is 2. The summed E-state index contributed by atoms with van der Waals surface area (Å²) in [5.74, 6) is -0.960. The van der Waals surface area contributed by atoms with E-state index in [2.05, 4.69) is 15.2 Å². The molecule has 1 spiro atoms. The van der Waals surface area contributed by atoms with Crippen molar-refractivity contribution in [2.75, 3.05) is 13.2 Å². The van der Waals surface area contributed by atoms with Crippen LogP contribution in [0.2, 0.25) is 0 Å². The molecule has 8 heteroatoms. The molecule has 0 unspecified atom stereocenters. The van der Waals surface area contributed by atoms with Gasteiger partial charge in [0.2, 0.25) is 0 Å². The summed E-state index contributed by atoms with van der Waals surface area (Å²) in [5.41, 5.74) is 0.170. The Kier molecular flexibility index (Phi) is 3.33. The van der Waals surface area contributed by atoms with Crippen LogP contribution < -0.4 is 5.76 Å². The molecule has 2 fully saturated rings. The molecule has 2 aliphatic rings. The number of nitrogens with zero attached hydrogens (tertiary/aromatic N) is 2. The van der Waals surface area contributed by atoms with E-state index < -0.39 is 17.1 Å². The van der Waals surface area contributed by atoms with E-state index >= 15 is 0 Å². The molecule has 1 saturated heterocycles. The molecular formula is C15H17N3O5. The summed E-state index contributed by atoms with van der Waals surface area (Å²) in [6, 6.07) is 3.46. The van der Waals surface area contributed by atoms with Gasteiger partial charge in [0.1, 0.15) is 5.60 Å². The van der Waals surface area contributed by atoms with Crippen LogP contribution in [-0.4, -0.2) is 39.3 Å². The van der Waals surface area contributed by atoms with E-state index in [9.17, 15) is 9.90 Å². The zero-order valence-electron chi connectivity index (χ0n) is 12.4. The van der Waals surface area contributed by atoms with E-state index in [4.69, 9.17) is 13.9 Å². The molecule has 1 aliphatic heterocycles. The SMILES string of the molecule is O=c1[nH]nc(-c2ccc(C3(O)CCC4(CC3)OCCO4)nc2)o1. The lowest BCUT2D eigenvalue weighted by Crippen LogP contribution is -2.42. The molecule has 0 amide bonds. The average molecular weight is 319 g/mol. The highest BCUT2D eigenvalue weighted by atomic mass is 16.7. The number of pyridine rings is 1. The average Bonchev–Trinajstić information content (AvgIpc) is 3.21. The van der Waals surface area contributed by atoms with Gasteiger partial charge in [-0.3, -0.25) is 4.98 Å². The van der Waals surface area contributed by atoms with Gasteiger partial charge in [-0.1, -0.05) is 0 Å². The number of aromatic nitrogens is 3. The fourth-order valence-electron chi connectivity index (χ4n) is 3.24. The Morgan fingerprint density at radius 3 is 2.43 bits per heavy atom. The highest BCUT2D eigenvalue weighted by molar-refractivity contribution is 5.50. The zero-order valence-corrected chi connectivity index (χ0v) is 12.4. The first-order chi connectivity index (χ1) is 11.1. The minimum Gasteiger partial charge on any atom is -0.388 e. The lowest BCUT2D eigenvalue weighted by Gasteiger charge is -2.40. The molecule has 0 aromatic carbocycles. The first-order valence-electron chi connectivity index (χ1n) is 7.61. The van der Waals surface area contributed by atoms with Gasteiger partial charge in [-0.25, -0.2) is 9.89 Å². The maximum absolute atomic E-state index is 11.0. The fourth-order valence-corrected chi connectivity index (χ4v) is 3.24. The maximum Gasteiger partial charge on any atom is 0.434 e. The molecule has 4 rings (SSSR count). The maximum atomic E-state index is 11.0. The molecule has 23 heavy (non-hydrogen) atoms. The minimum atomic E-state index is -0.995. The normalized spacial score (nSPS) is 22.5. The van der Waals surface area contributed by atoms with Crippen LogP contribution in [0.4, 0.5) is 0 Å². The van der Waals surface area contributed by atoms with Crippen molar-refractivity contribution in [2.24, 2.45) is 0 Å². The van der Waals surface area contributed by atoms with Crippen molar-refractivity contribution in [1.82, 2.24) is 15.2 Å². The minimum absolute atomic E-state index is 0.177. The van der Waals surface area contributed by atoms with Gasteiger partial charge < -0.3 is 19.0 Å². The molecule has 8 nitrogen and oxygen atoms in total. The lowest BCUT2D eigenvalue weighted by atomic mass is 9.79. The van der Waals surface area contributed by atoms with E-state index in [1.807, 2.05) is 0 Å². The van der Waals surface area contributed by atoms with E-state index in [-0.39, 0.29) is 5.89 Å². The van der Waals surface area contributed by atoms with Crippen LogP contribution in [0.25, 0.3) is 11.5 Å². The van der Waals surface area contributed by atoms with Gasteiger partial charge in [-0.15, -0.1) is 5.10 Å². The summed E-state index contributed by atoms with van der Waals surface area (Å²) in [5, 5.41) is 16.8. The Hall–Kier alpha value is -2.03. The second kappa shape index (κ2) is 5.26. The van der Waals surface area contributed by atoms with Crippen molar-refractivity contribution in [3.8, 4) is 11.5 Å². The summed E-state index contributed by atoms with van der Waals surface area (Å²) in [6.45, 7) is 1.22. The van der Waals surface area contributed by atoms with Crippen molar-refractivity contribution >= 4 is 0 Å². The van der Waals surface area contributed by atoms with E-state index in [1.54, 1.807) is 18.3 Å². The number of aromatic amines is 1. The van der Waals surface area contributed by atoms with Crippen LogP contribution in [0.1, 0.15) is 31.4 Å². The number of H-pyrrole nitrogens is 1. The van der Waals surface area contributed by atoms with E-state index in [0.717, 1.165) is 0 Å². The molecule has 2 aromatic rings. The number of hydrogen-bond acceptors (Lipinski definition) is 7. The van der Waals surface area contributed by atoms with Gasteiger partial charge in [0.05, 0.1) is 24.5 Å². The predicted octanol–water partition coefficient (Wildman–Crippen LogP) is 0.930. The summed E-state index contributed by atoms with van der Waals surface area (Å²) in [6.07, 6.45) is 3.87. The molecule has 1 saturated carbocycles. The topological polar surface area (TPSA) is 110 Å². The molecular weight excluding hydrogens is 302 g/mol. The van der Waals surface area contributed by atoms with E-state index in [0.29, 0.717) is 50.2 Å². The Morgan fingerprint density at radius 2 is 1.87 bits per heavy atom. The number of aliphatic hydroxyl groups is 1. The molecule has 3 heterocycles. The van der Waals surface area contributed by atoms with Crippen molar-refractivity contribution in [1.29, 1.82) is 0 Å². The highest BCUT2D eigenvalue weighted by Gasteiger charge is 2.46. The molecule has 2 aromatic heterocycles. The number of hydrogen-bond donors (Lipinski definition) is 2. The third kappa shape index (κ3) is 2.58. The Morgan fingerprint density at radius 1 is 1.13 bits per heavy atom. The highest BCUT2D eigenvalue weighted by Crippen LogP contribution is 2.44. The summed E-state index contributed by atoms with van der Waals surface area (Å²) in [7, 11) is 0. The van der Waals surface area contributed by atoms with Crippen LogP contribution in [0, 0.1) is 0 Å². The first kappa shape index (κ1) is 14.6. The summed E-state index contributed by atoms with van der Waals surface area (Å²) in [4.78, 5) is 15.3. The van der Waals surface area contributed by atoms with Crippen molar-refractivity contribution in [3.05, 3.63) is 34.6 Å². The van der Waals surface area contributed by atoms with Crippen LogP contribution >= 0.6 is 0 Å². The first-order valence-corrected chi connectivity index (χ1v) is 7.61. The third-order valence-corrected chi connectivity index (χ3v) is 4.58. The van der Waals surface area contributed by atoms with Gasteiger partial charge in [0.15, 0.2) is 5.79 Å².